The van der Waals surface area contributed by atoms with Gasteiger partial charge in [-0.2, -0.15) is 4.98 Å². The third kappa shape index (κ3) is 6.72. The Labute approximate surface area is 230 Å². The molecule has 0 amide bonds. The Balaban J connectivity index is 1.74. The van der Waals surface area contributed by atoms with Crippen molar-refractivity contribution < 1.29 is 32.1 Å². The molecule has 212 valence electrons. The summed E-state index contributed by atoms with van der Waals surface area (Å²) in [6.45, 7) is 2.20. The fourth-order valence-corrected chi connectivity index (χ4v) is 4.13. The van der Waals surface area contributed by atoms with Crippen LogP contribution in [0.2, 0.25) is 0 Å². The average molecular weight is 557 g/mol. The molecule has 40 heavy (non-hydrogen) atoms. The molecule has 0 fully saturated rings. The molecule has 3 aromatic carbocycles. The molecule has 4 rings (SSSR count). The van der Waals surface area contributed by atoms with E-state index in [2.05, 4.69) is 20.6 Å². The van der Waals surface area contributed by atoms with Crippen LogP contribution in [0.1, 0.15) is 36.1 Å². The highest BCUT2D eigenvalue weighted by atomic mass is 19.3. The van der Waals surface area contributed by atoms with Gasteiger partial charge in [-0.15, -0.1) is 0 Å². The number of fused-ring (bicyclic) bond motifs is 1. The van der Waals surface area contributed by atoms with E-state index in [1.807, 2.05) is 30.3 Å². The van der Waals surface area contributed by atoms with Crippen molar-refractivity contribution in [1.29, 1.82) is 0 Å². The number of aromatic nitrogens is 2. The van der Waals surface area contributed by atoms with Gasteiger partial charge in [0.15, 0.2) is 17.8 Å². The second kappa shape index (κ2) is 13.3. The van der Waals surface area contributed by atoms with Gasteiger partial charge in [0.2, 0.25) is 5.95 Å². The second-order valence-electron chi connectivity index (χ2n) is 8.89. The molecule has 0 spiro atoms. The first-order chi connectivity index (χ1) is 19.3. The third-order valence-electron chi connectivity index (χ3n) is 6.28. The lowest BCUT2D eigenvalue weighted by molar-refractivity contribution is -0.0914. The van der Waals surface area contributed by atoms with E-state index in [1.165, 1.54) is 33.5 Å². The molecule has 0 aliphatic rings. The van der Waals surface area contributed by atoms with Gasteiger partial charge in [0.1, 0.15) is 18.2 Å². The van der Waals surface area contributed by atoms with Gasteiger partial charge in [-0.1, -0.05) is 48.5 Å². The molecular formula is C29H31F3N4O4. The summed E-state index contributed by atoms with van der Waals surface area (Å²) in [5.74, 6) is 0.507. The molecule has 1 atom stereocenters. The Morgan fingerprint density at radius 1 is 0.875 bits per heavy atom. The van der Waals surface area contributed by atoms with Gasteiger partial charge in [0.05, 0.1) is 30.8 Å². The summed E-state index contributed by atoms with van der Waals surface area (Å²) >= 11 is 0. The van der Waals surface area contributed by atoms with E-state index in [0.717, 1.165) is 11.6 Å². The van der Waals surface area contributed by atoms with E-state index >= 15 is 0 Å². The van der Waals surface area contributed by atoms with E-state index in [9.17, 15) is 13.2 Å². The van der Waals surface area contributed by atoms with Crippen LogP contribution in [0.15, 0.2) is 60.7 Å². The van der Waals surface area contributed by atoms with Crippen LogP contribution < -0.4 is 20.1 Å². The Hall–Kier alpha value is -4.09. The van der Waals surface area contributed by atoms with Crippen molar-refractivity contribution in [1.82, 2.24) is 9.97 Å². The van der Waals surface area contributed by atoms with Crippen LogP contribution in [0.4, 0.5) is 24.9 Å². The van der Waals surface area contributed by atoms with Crippen molar-refractivity contribution in [2.24, 2.45) is 0 Å². The van der Waals surface area contributed by atoms with Gasteiger partial charge in [0, 0.05) is 31.2 Å². The van der Waals surface area contributed by atoms with Gasteiger partial charge in [-0.3, -0.25) is 0 Å². The van der Waals surface area contributed by atoms with Crippen LogP contribution in [0, 0.1) is 5.82 Å². The maximum atomic E-state index is 15.0. The maximum absolute atomic E-state index is 15.0. The highest BCUT2D eigenvalue weighted by Crippen LogP contribution is 2.37. The summed E-state index contributed by atoms with van der Waals surface area (Å²) in [7, 11) is 4.55. The van der Waals surface area contributed by atoms with E-state index in [0.29, 0.717) is 34.8 Å². The standard InChI is InChI=1S/C29H31F3N4O4/c1-17(19-11-8-12-20(26(19)30)27(31)32)34-28-21-13-24(40-16-18-9-6-5-7-10-18)23(37-2)14-22(21)35-29(36-28)33-15-25(38-3)39-4/h5-14,17,25,27H,15-16H2,1-4H3,(H2,33,34,35,36)/t17-/m1/s1. The van der Waals surface area contributed by atoms with E-state index < -0.39 is 30.1 Å². The molecule has 8 nitrogen and oxygen atoms in total. The Morgan fingerprint density at radius 2 is 1.60 bits per heavy atom. The van der Waals surface area contributed by atoms with Crippen LogP contribution in [-0.2, 0) is 16.1 Å². The third-order valence-corrected chi connectivity index (χ3v) is 6.28. The fourth-order valence-electron chi connectivity index (χ4n) is 4.13. The monoisotopic (exact) mass is 556 g/mol. The van der Waals surface area contributed by atoms with Crippen molar-refractivity contribution in [3.8, 4) is 11.5 Å². The van der Waals surface area contributed by atoms with Gasteiger partial charge >= 0.3 is 0 Å². The van der Waals surface area contributed by atoms with Crippen LogP contribution >= 0.6 is 0 Å². The van der Waals surface area contributed by atoms with E-state index in [1.54, 1.807) is 19.1 Å². The molecule has 2 N–H and O–H groups in total. The zero-order valence-electron chi connectivity index (χ0n) is 22.6. The normalized spacial score (nSPS) is 12.1. The number of anilines is 2. The molecule has 0 bridgehead atoms. The summed E-state index contributed by atoms with van der Waals surface area (Å²) in [4.78, 5) is 9.19. The minimum Gasteiger partial charge on any atom is -0.493 e. The predicted molar refractivity (Wildman–Crippen MR) is 147 cm³/mol. The number of hydrogen-bond donors (Lipinski definition) is 2. The molecule has 0 aliphatic carbocycles. The minimum absolute atomic E-state index is 0.0759. The predicted octanol–water partition coefficient (Wildman–Crippen LogP) is 6.50. The van der Waals surface area contributed by atoms with E-state index in [4.69, 9.17) is 18.9 Å². The molecule has 0 saturated heterocycles. The van der Waals surface area contributed by atoms with Crippen molar-refractivity contribution in [2.45, 2.75) is 32.3 Å². The topological polar surface area (TPSA) is 86.8 Å². The number of nitrogens with one attached hydrogen (secondary N) is 2. The van der Waals surface area contributed by atoms with Crippen LogP contribution in [0.3, 0.4) is 0 Å². The summed E-state index contributed by atoms with van der Waals surface area (Å²) in [5, 5.41) is 6.79. The quantitative estimate of drug-likeness (QED) is 0.181. The zero-order valence-corrected chi connectivity index (χ0v) is 22.6. The smallest absolute Gasteiger partial charge is 0.266 e. The molecule has 1 heterocycles. The number of ether oxygens (including phenoxy) is 4. The molecule has 1 aromatic heterocycles. The lowest BCUT2D eigenvalue weighted by atomic mass is 10.0. The SMILES string of the molecule is COc1cc2nc(NCC(OC)OC)nc(N[C@H](C)c3cccc(C(F)F)c3F)c2cc1OCc1ccccc1. The van der Waals surface area contributed by atoms with Crippen molar-refractivity contribution in [3.63, 3.8) is 0 Å². The first-order valence-corrected chi connectivity index (χ1v) is 12.5. The molecule has 4 aromatic rings. The van der Waals surface area contributed by atoms with Gasteiger partial charge in [-0.05, 0) is 18.6 Å². The number of nitrogens with zero attached hydrogens (tertiary/aromatic N) is 2. The Kier molecular flexibility index (Phi) is 9.62. The number of hydrogen-bond acceptors (Lipinski definition) is 8. The van der Waals surface area contributed by atoms with Crippen LogP contribution in [-0.4, -0.2) is 44.1 Å². The summed E-state index contributed by atoms with van der Waals surface area (Å²) in [6.07, 6.45) is -3.49. The molecule has 0 aliphatic heterocycles. The molecular weight excluding hydrogens is 525 g/mol. The summed E-state index contributed by atoms with van der Waals surface area (Å²) < 4.78 is 63.7. The summed E-state index contributed by atoms with van der Waals surface area (Å²) in [5.41, 5.74) is 0.886. The fraction of sp³-hybridized carbons (Fsp3) is 0.310. The molecule has 0 saturated carbocycles. The average Bonchev–Trinajstić information content (AvgIpc) is 2.96. The number of benzene rings is 3. The van der Waals surface area contributed by atoms with Gasteiger partial charge < -0.3 is 29.6 Å². The minimum atomic E-state index is -2.94. The summed E-state index contributed by atoms with van der Waals surface area (Å²) in [6, 6.07) is 16.3. The highest BCUT2D eigenvalue weighted by molar-refractivity contribution is 5.93. The van der Waals surface area contributed by atoms with Crippen molar-refractivity contribution in [3.05, 3.63) is 83.2 Å². The molecule has 0 unspecified atom stereocenters. The largest absolute Gasteiger partial charge is 0.493 e. The highest BCUT2D eigenvalue weighted by Gasteiger charge is 2.21. The van der Waals surface area contributed by atoms with Crippen LogP contribution in [0.5, 0.6) is 11.5 Å². The first kappa shape index (κ1) is 28.9. The number of alkyl halides is 2. The molecule has 0 radical (unpaired) electrons. The Morgan fingerprint density at radius 3 is 2.27 bits per heavy atom. The zero-order chi connectivity index (χ0) is 28.6. The first-order valence-electron chi connectivity index (χ1n) is 12.5. The van der Waals surface area contributed by atoms with Gasteiger partial charge in [-0.25, -0.2) is 18.2 Å². The van der Waals surface area contributed by atoms with Crippen molar-refractivity contribution in [2.75, 3.05) is 38.5 Å². The maximum Gasteiger partial charge on any atom is 0.266 e. The van der Waals surface area contributed by atoms with Crippen molar-refractivity contribution >= 4 is 22.7 Å². The van der Waals surface area contributed by atoms with E-state index in [-0.39, 0.29) is 18.1 Å². The number of methoxy groups -OCH3 is 3. The second-order valence-corrected chi connectivity index (χ2v) is 8.89. The Bertz CT molecular complexity index is 1420. The molecule has 11 heteroatoms. The lowest BCUT2D eigenvalue weighted by Crippen LogP contribution is -2.24. The number of halogens is 3. The lowest BCUT2D eigenvalue weighted by Gasteiger charge is -2.20. The van der Waals surface area contributed by atoms with Gasteiger partial charge in [0.25, 0.3) is 6.43 Å². The van der Waals surface area contributed by atoms with Crippen LogP contribution in [0.25, 0.3) is 10.9 Å². The number of rotatable bonds is 13.